The zero-order chi connectivity index (χ0) is 9.30. The first-order chi connectivity index (χ1) is 5.52. The molecule has 12 heavy (non-hydrogen) atoms. The van der Waals surface area contributed by atoms with Crippen molar-refractivity contribution in [2.45, 2.75) is 6.92 Å². The van der Waals surface area contributed by atoms with Crippen LogP contribution in [0.4, 0.5) is 0 Å². The van der Waals surface area contributed by atoms with E-state index in [1.807, 2.05) is 0 Å². The summed E-state index contributed by atoms with van der Waals surface area (Å²) >= 11 is 11.3. The summed E-state index contributed by atoms with van der Waals surface area (Å²) in [5.74, 6) is -1.04. The summed E-state index contributed by atoms with van der Waals surface area (Å²) in [6.07, 6.45) is 0. The molecule has 64 valence electrons. The largest absolute Gasteiger partial charge is 0.478 e. The molecular weight excluding hydrogens is 199 g/mol. The Kier molecular flexibility index (Phi) is 2.60. The maximum Gasteiger partial charge on any atom is 0.337 e. The third-order valence-electron chi connectivity index (χ3n) is 1.48. The Bertz CT molecular complexity index is 334. The highest BCUT2D eigenvalue weighted by atomic mass is 35.5. The Morgan fingerprint density at radius 2 is 1.92 bits per heavy atom. The zero-order valence-corrected chi connectivity index (χ0v) is 7.78. The van der Waals surface area contributed by atoms with Gasteiger partial charge in [-0.25, -0.2) is 4.79 Å². The normalized spacial score (nSPS) is 9.92. The summed E-state index contributed by atoms with van der Waals surface area (Å²) < 4.78 is 0. The molecular formula is C8H6Cl2O2. The molecule has 0 unspecified atom stereocenters. The lowest BCUT2D eigenvalue weighted by Crippen LogP contribution is -1.97. The molecule has 0 saturated carbocycles. The SMILES string of the molecule is Cc1cc(C(=O)O)c(Cl)cc1Cl. The van der Waals surface area contributed by atoms with Crippen molar-refractivity contribution >= 4 is 29.2 Å². The molecule has 0 fully saturated rings. The van der Waals surface area contributed by atoms with Crippen molar-refractivity contribution in [3.8, 4) is 0 Å². The van der Waals surface area contributed by atoms with Gasteiger partial charge in [0.1, 0.15) is 0 Å². The molecule has 0 radical (unpaired) electrons. The second-order valence-corrected chi connectivity index (χ2v) is 3.20. The number of aromatic carboxylic acids is 1. The van der Waals surface area contributed by atoms with Gasteiger partial charge in [0, 0.05) is 5.02 Å². The van der Waals surface area contributed by atoms with Crippen molar-refractivity contribution in [3.63, 3.8) is 0 Å². The van der Waals surface area contributed by atoms with Crippen molar-refractivity contribution in [1.29, 1.82) is 0 Å². The fourth-order valence-corrected chi connectivity index (χ4v) is 1.29. The molecule has 1 N–H and O–H groups in total. The summed E-state index contributed by atoms with van der Waals surface area (Å²) in [4.78, 5) is 10.6. The third-order valence-corrected chi connectivity index (χ3v) is 2.20. The van der Waals surface area contributed by atoms with Crippen LogP contribution in [0.5, 0.6) is 0 Å². The maximum atomic E-state index is 10.6. The van der Waals surface area contributed by atoms with Gasteiger partial charge in [-0.1, -0.05) is 23.2 Å². The van der Waals surface area contributed by atoms with Gasteiger partial charge in [0.05, 0.1) is 10.6 Å². The van der Waals surface area contributed by atoms with Crippen LogP contribution in [0.3, 0.4) is 0 Å². The van der Waals surface area contributed by atoms with Gasteiger partial charge in [0.25, 0.3) is 0 Å². The Morgan fingerprint density at radius 1 is 1.33 bits per heavy atom. The van der Waals surface area contributed by atoms with Crippen molar-refractivity contribution in [1.82, 2.24) is 0 Å². The van der Waals surface area contributed by atoms with E-state index in [4.69, 9.17) is 28.3 Å². The Labute approximate surface area is 79.7 Å². The van der Waals surface area contributed by atoms with Crippen LogP contribution in [0, 0.1) is 6.92 Å². The fraction of sp³-hybridized carbons (Fsp3) is 0.125. The number of carboxylic acid groups (broad SMARTS) is 1. The lowest BCUT2D eigenvalue weighted by atomic mass is 10.1. The van der Waals surface area contributed by atoms with Gasteiger partial charge in [0.15, 0.2) is 0 Å². The average molecular weight is 205 g/mol. The van der Waals surface area contributed by atoms with Gasteiger partial charge in [-0.3, -0.25) is 0 Å². The van der Waals surface area contributed by atoms with Crippen molar-refractivity contribution in [2.24, 2.45) is 0 Å². The highest BCUT2D eigenvalue weighted by Crippen LogP contribution is 2.24. The molecule has 0 aliphatic carbocycles. The first kappa shape index (κ1) is 9.36. The minimum Gasteiger partial charge on any atom is -0.478 e. The molecule has 1 rings (SSSR count). The van der Waals surface area contributed by atoms with Crippen LogP contribution < -0.4 is 0 Å². The summed E-state index contributed by atoms with van der Waals surface area (Å²) in [5, 5.41) is 9.30. The first-order valence-corrected chi connectivity index (χ1v) is 3.97. The Hall–Kier alpha value is -0.730. The van der Waals surface area contributed by atoms with Crippen LogP contribution in [0.2, 0.25) is 10.0 Å². The molecule has 0 saturated heterocycles. The molecule has 0 amide bonds. The van der Waals surface area contributed by atoms with Crippen LogP contribution in [0.15, 0.2) is 12.1 Å². The predicted molar refractivity (Wildman–Crippen MR) is 48.2 cm³/mol. The van der Waals surface area contributed by atoms with Crippen molar-refractivity contribution < 1.29 is 9.90 Å². The van der Waals surface area contributed by atoms with Crippen LogP contribution in [0.25, 0.3) is 0 Å². The van der Waals surface area contributed by atoms with E-state index in [0.717, 1.165) is 0 Å². The molecule has 2 nitrogen and oxygen atoms in total. The highest BCUT2D eigenvalue weighted by Gasteiger charge is 2.10. The monoisotopic (exact) mass is 204 g/mol. The second kappa shape index (κ2) is 3.33. The topological polar surface area (TPSA) is 37.3 Å². The van der Waals surface area contributed by atoms with Gasteiger partial charge in [-0.2, -0.15) is 0 Å². The fourth-order valence-electron chi connectivity index (χ4n) is 0.821. The smallest absolute Gasteiger partial charge is 0.337 e. The van der Waals surface area contributed by atoms with E-state index >= 15 is 0 Å². The molecule has 1 aromatic rings. The quantitative estimate of drug-likeness (QED) is 0.764. The van der Waals surface area contributed by atoms with Gasteiger partial charge in [-0.15, -0.1) is 0 Å². The third kappa shape index (κ3) is 1.71. The maximum absolute atomic E-state index is 10.6. The number of carbonyl (C=O) groups is 1. The number of rotatable bonds is 1. The average Bonchev–Trinajstić information content (AvgIpc) is 1.96. The number of benzene rings is 1. The molecule has 0 aliphatic rings. The van der Waals surface area contributed by atoms with E-state index in [0.29, 0.717) is 10.6 Å². The zero-order valence-electron chi connectivity index (χ0n) is 6.27. The van der Waals surface area contributed by atoms with Crippen molar-refractivity contribution in [2.75, 3.05) is 0 Å². The van der Waals surface area contributed by atoms with E-state index in [1.54, 1.807) is 6.92 Å². The van der Waals surface area contributed by atoms with Crippen LogP contribution in [-0.2, 0) is 0 Å². The lowest BCUT2D eigenvalue weighted by molar-refractivity contribution is 0.0697. The summed E-state index contributed by atoms with van der Waals surface area (Å²) in [6, 6.07) is 2.88. The molecule has 0 heterocycles. The van der Waals surface area contributed by atoms with E-state index in [9.17, 15) is 4.79 Å². The highest BCUT2D eigenvalue weighted by molar-refractivity contribution is 6.36. The van der Waals surface area contributed by atoms with E-state index in [-0.39, 0.29) is 10.6 Å². The van der Waals surface area contributed by atoms with Gasteiger partial charge >= 0.3 is 5.97 Å². The molecule has 0 spiro atoms. The molecule has 0 atom stereocenters. The number of carboxylic acids is 1. The molecule has 1 aromatic carbocycles. The predicted octanol–water partition coefficient (Wildman–Crippen LogP) is 3.00. The van der Waals surface area contributed by atoms with Crippen LogP contribution >= 0.6 is 23.2 Å². The lowest BCUT2D eigenvalue weighted by Gasteiger charge is -2.01. The van der Waals surface area contributed by atoms with E-state index in [2.05, 4.69) is 0 Å². The summed E-state index contributed by atoms with van der Waals surface area (Å²) in [7, 11) is 0. The Morgan fingerprint density at radius 3 is 2.42 bits per heavy atom. The number of halogens is 2. The minimum atomic E-state index is -1.04. The number of hydrogen-bond donors (Lipinski definition) is 1. The molecule has 0 aromatic heterocycles. The minimum absolute atomic E-state index is 0.0820. The van der Waals surface area contributed by atoms with Crippen molar-refractivity contribution in [3.05, 3.63) is 33.3 Å². The van der Waals surface area contributed by atoms with Crippen LogP contribution in [-0.4, -0.2) is 11.1 Å². The molecule has 0 aliphatic heterocycles. The van der Waals surface area contributed by atoms with Gasteiger partial charge in [-0.05, 0) is 24.6 Å². The number of aryl methyl sites for hydroxylation is 1. The molecule has 0 bridgehead atoms. The summed E-state index contributed by atoms with van der Waals surface area (Å²) in [5.41, 5.74) is 0.789. The second-order valence-electron chi connectivity index (χ2n) is 2.39. The number of hydrogen-bond acceptors (Lipinski definition) is 1. The first-order valence-electron chi connectivity index (χ1n) is 3.21. The Balaban J connectivity index is 3.33. The standard InChI is InChI=1S/C8H6Cl2O2/c1-4-2-5(8(11)12)7(10)3-6(4)9/h2-3H,1H3,(H,11,12). The van der Waals surface area contributed by atoms with E-state index in [1.165, 1.54) is 12.1 Å². The summed E-state index contributed by atoms with van der Waals surface area (Å²) in [6.45, 7) is 1.73. The van der Waals surface area contributed by atoms with E-state index < -0.39 is 5.97 Å². The van der Waals surface area contributed by atoms with Gasteiger partial charge < -0.3 is 5.11 Å². The molecule has 4 heteroatoms. The van der Waals surface area contributed by atoms with Crippen LogP contribution in [0.1, 0.15) is 15.9 Å². The van der Waals surface area contributed by atoms with Gasteiger partial charge in [0.2, 0.25) is 0 Å².